The maximum absolute atomic E-state index is 12.6. The highest BCUT2D eigenvalue weighted by atomic mass is 32.1. The average Bonchev–Trinajstić information content (AvgIpc) is 2.96. The molecule has 2 rings (SSSR count). The van der Waals surface area contributed by atoms with E-state index >= 15 is 0 Å². The number of rotatable bonds is 3. The summed E-state index contributed by atoms with van der Waals surface area (Å²) in [6.07, 6.45) is 1.36. The number of piperidine rings is 1. The molecule has 0 aromatic carbocycles. The first kappa shape index (κ1) is 15.7. The van der Waals surface area contributed by atoms with Crippen LogP contribution in [0.15, 0.2) is 5.16 Å². The molecule has 1 aliphatic heterocycles. The van der Waals surface area contributed by atoms with Crippen molar-refractivity contribution in [2.75, 3.05) is 13.1 Å². The van der Waals surface area contributed by atoms with Gasteiger partial charge in [0.05, 0.1) is 5.69 Å². The van der Waals surface area contributed by atoms with Crippen LogP contribution in [-0.2, 0) is 0 Å². The molecule has 1 amide bonds. The Morgan fingerprint density at radius 1 is 1.48 bits per heavy atom. The summed E-state index contributed by atoms with van der Waals surface area (Å²) in [7, 11) is 0. The molecular formula is C13H21N5O2S. The molecule has 0 atom stereocenters. The van der Waals surface area contributed by atoms with E-state index in [1.165, 1.54) is 0 Å². The highest BCUT2D eigenvalue weighted by molar-refractivity contribution is 7.08. The van der Waals surface area contributed by atoms with Gasteiger partial charge < -0.3 is 15.8 Å². The van der Waals surface area contributed by atoms with E-state index in [2.05, 4.69) is 14.7 Å². The number of oxime groups is 1. The molecular weight excluding hydrogens is 290 g/mol. The van der Waals surface area contributed by atoms with Gasteiger partial charge in [-0.25, -0.2) is 0 Å². The van der Waals surface area contributed by atoms with Gasteiger partial charge in [-0.15, -0.1) is 5.10 Å². The fraction of sp³-hybridized carbons (Fsp3) is 0.692. The summed E-state index contributed by atoms with van der Waals surface area (Å²) in [5.74, 6) is 0.391. The molecule has 1 aromatic rings. The molecule has 0 saturated carbocycles. The second-order valence-electron chi connectivity index (χ2n) is 5.98. The molecule has 116 valence electrons. The Morgan fingerprint density at radius 2 is 2.10 bits per heavy atom. The predicted octanol–water partition coefficient (Wildman–Crippen LogP) is 1.65. The minimum Gasteiger partial charge on any atom is -0.409 e. The predicted molar refractivity (Wildman–Crippen MR) is 80.7 cm³/mol. The van der Waals surface area contributed by atoms with Crippen molar-refractivity contribution in [2.24, 2.45) is 16.3 Å². The van der Waals surface area contributed by atoms with E-state index in [1.807, 2.05) is 20.8 Å². The van der Waals surface area contributed by atoms with Gasteiger partial charge in [-0.2, -0.15) is 0 Å². The van der Waals surface area contributed by atoms with Crippen LogP contribution in [0.3, 0.4) is 0 Å². The summed E-state index contributed by atoms with van der Waals surface area (Å²) in [5, 5.41) is 16.0. The number of nitrogens with zero attached hydrogens (tertiary/aromatic N) is 4. The van der Waals surface area contributed by atoms with Crippen LogP contribution in [0, 0.1) is 5.41 Å². The van der Waals surface area contributed by atoms with Crippen LogP contribution in [0.5, 0.6) is 0 Å². The zero-order valence-corrected chi connectivity index (χ0v) is 13.4. The molecule has 0 radical (unpaired) electrons. The summed E-state index contributed by atoms with van der Waals surface area (Å²) < 4.78 is 3.90. The number of nitrogens with two attached hydrogens (primary N) is 1. The summed E-state index contributed by atoms with van der Waals surface area (Å²) in [4.78, 5) is 15.0. The zero-order chi connectivity index (χ0) is 15.6. The first-order valence-corrected chi connectivity index (χ1v) is 7.76. The minimum atomic E-state index is -0.349. The Hall–Kier alpha value is -1.70. The molecule has 1 aliphatic rings. The average molecular weight is 311 g/mol. The van der Waals surface area contributed by atoms with Gasteiger partial charge in [0.2, 0.25) is 0 Å². The van der Waals surface area contributed by atoms with Crippen LogP contribution in [0.1, 0.15) is 54.9 Å². The fourth-order valence-corrected chi connectivity index (χ4v) is 3.24. The topological polar surface area (TPSA) is 105 Å². The minimum absolute atomic E-state index is 0.0183. The number of hydrogen-bond donors (Lipinski definition) is 2. The van der Waals surface area contributed by atoms with Gasteiger partial charge in [0.25, 0.3) is 5.91 Å². The maximum atomic E-state index is 12.6. The van der Waals surface area contributed by atoms with Crippen LogP contribution in [0.25, 0.3) is 0 Å². The Kier molecular flexibility index (Phi) is 4.46. The van der Waals surface area contributed by atoms with Crippen LogP contribution in [-0.4, -0.2) is 44.5 Å². The fourth-order valence-electron chi connectivity index (χ4n) is 2.45. The molecule has 0 unspecified atom stereocenters. The van der Waals surface area contributed by atoms with E-state index in [1.54, 1.807) is 4.90 Å². The number of amides is 1. The van der Waals surface area contributed by atoms with Crippen LogP contribution < -0.4 is 5.73 Å². The van der Waals surface area contributed by atoms with E-state index in [-0.39, 0.29) is 23.1 Å². The lowest BCUT2D eigenvalue weighted by atomic mass is 9.79. The lowest BCUT2D eigenvalue weighted by Gasteiger charge is -2.38. The molecule has 1 fully saturated rings. The highest BCUT2D eigenvalue weighted by Gasteiger charge is 2.36. The zero-order valence-electron chi connectivity index (χ0n) is 12.5. The SMILES string of the molecule is CC(C)c1nnsc1C(=O)N1CCC(C)(C(N)=NO)CC1. The summed E-state index contributed by atoms with van der Waals surface area (Å²) in [6, 6.07) is 0. The van der Waals surface area contributed by atoms with Gasteiger partial charge in [0.1, 0.15) is 10.7 Å². The Labute approximate surface area is 128 Å². The molecule has 1 saturated heterocycles. The Bertz CT molecular complexity index is 547. The van der Waals surface area contributed by atoms with Crippen molar-refractivity contribution < 1.29 is 10.0 Å². The van der Waals surface area contributed by atoms with E-state index in [0.29, 0.717) is 30.8 Å². The van der Waals surface area contributed by atoms with Crippen LogP contribution in [0.4, 0.5) is 0 Å². The second-order valence-corrected chi connectivity index (χ2v) is 6.73. The smallest absolute Gasteiger partial charge is 0.267 e. The van der Waals surface area contributed by atoms with Crippen molar-refractivity contribution >= 4 is 23.3 Å². The number of carbonyl (C=O) groups excluding carboxylic acids is 1. The standard InChI is InChI=1S/C13H21N5O2S/c1-8(2)9-10(21-17-15-9)11(19)18-6-4-13(3,5-7-18)12(14)16-20/h8,20H,4-7H2,1-3H3,(H2,14,16). The second kappa shape index (κ2) is 5.97. The number of hydrogen-bond acceptors (Lipinski definition) is 6. The first-order chi connectivity index (χ1) is 9.89. The normalized spacial score (nSPS) is 19.0. The number of likely N-dealkylation sites (tertiary alicyclic amines) is 1. The summed E-state index contributed by atoms with van der Waals surface area (Å²) in [6.45, 7) is 7.12. The van der Waals surface area contributed by atoms with Gasteiger partial charge in [-0.1, -0.05) is 30.4 Å². The third-order valence-electron chi connectivity index (χ3n) is 4.13. The van der Waals surface area contributed by atoms with Crippen molar-refractivity contribution in [2.45, 2.75) is 39.5 Å². The molecule has 3 N–H and O–H groups in total. The van der Waals surface area contributed by atoms with E-state index in [0.717, 1.165) is 17.2 Å². The summed E-state index contributed by atoms with van der Waals surface area (Å²) in [5.41, 5.74) is 6.15. The van der Waals surface area contributed by atoms with E-state index < -0.39 is 0 Å². The lowest BCUT2D eigenvalue weighted by Crippen LogP contribution is -2.47. The highest BCUT2D eigenvalue weighted by Crippen LogP contribution is 2.32. The van der Waals surface area contributed by atoms with Gasteiger partial charge in [-0.3, -0.25) is 4.79 Å². The molecule has 7 nitrogen and oxygen atoms in total. The molecule has 8 heteroatoms. The molecule has 21 heavy (non-hydrogen) atoms. The van der Waals surface area contributed by atoms with Crippen molar-refractivity contribution in [1.82, 2.24) is 14.5 Å². The monoisotopic (exact) mass is 311 g/mol. The molecule has 0 aliphatic carbocycles. The third kappa shape index (κ3) is 2.99. The van der Waals surface area contributed by atoms with Crippen molar-refractivity contribution in [3.05, 3.63) is 10.6 Å². The number of carbonyl (C=O) groups is 1. The van der Waals surface area contributed by atoms with Gasteiger partial charge >= 0.3 is 0 Å². The van der Waals surface area contributed by atoms with Gasteiger partial charge in [0.15, 0.2) is 0 Å². The molecule has 2 heterocycles. The van der Waals surface area contributed by atoms with Crippen LogP contribution >= 0.6 is 11.5 Å². The van der Waals surface area contributed by atoms with E-state index in [9.17, 15) is 4.79 Å². The number of amidine groups is 1. The Balaban J connectivity index is 2.09. The lowest BCUT2D eigenvalue weighted by molar-refractivity contribution is 0.0669. The van der Waals surface area contributed by atoms with Gasteiger partial charge in [-0.05, 0) is 30.3 Å². The molecule has 0 spiro atoms. The summed E-state index contributed by atoms with van der Waals surface area (Å²) >= 11 is 1.15. The maximum Gasteiger partial charge on any atom is 0.267 e. The molecule has 1 aromatic heterocycles. The number of aromatic nitrogens is 2. The van der Waals surface area contributed by atoms with Crippen molar-refractivity contribution in [3.63, 3.8) is 0 Å². The van der Waals surface area contributed by atoms with Crippen LogP contribution in [0.2, 0.25) is 0 Å². The largest absolute Gasteiger partial charge is 0.409 e. The van der Waals surface area contributed by atoms with Gasteiger partial charge in [0, 0.05) is 18.5 Å². The van der Waals surface area contributed by atoms with Crippen molar-refractivity contribution in [3.8, 4) is 0 Å². The Morgan fingerprint density at radius 3 is 2.62 bits per heavy atom. The van der Waals surface area contributed by atoms with E-state index in [4.69, 9.17) is 10.9 Å². The first-order valence-electron chi connectivity index (χ1n) is 6.98. The van der Waals surface area contributed by atoms with Crippen molar-refractivity contribution in [1.29, 1.82) is 0 Å². The quantitative estimate of drug-likeness (QED) is 0.382. The molecule has 0 bridgehead atoms. The third-order valence-corrected chi connectivity index (χ3v) is 4.86.